The Kier molecular flexibility index (Phi) is 5.18. The van der Waals surface area contributed by atoms with E-state index in [-0.39, 0.29) is 28.7 Å². The first-order valence-corrected chi connectivity index (χ1v) is 8.95. The summed E-state index contributed by atoms with van der Waals surface area (Å²) in [6.45, 7) is 3.77. The number of carbonyl (C=O) groups excluding carboxylic acids is 1. The summed E-state index contributed by atoms with van der Waals surface area (Å²) in [5.74, 6) is -0.172. The Labute approximate surface area is 157 Å². The van der Waals surface area contributed by atoms with Gasteiger partial charge in [0.05, 0.1) is 20.4 Å². The minimum absolute atomic E-state index is 0.0124. The minimum atomic E-state index is -0.424. The summed E-state index contributed by atoms with van der Waals surface area (Å²) in [7, 11) is 0. The number of aromatic nitrogens is 1. The van der Waals surface area contributed by atoms with E-state index < -0.39 is 4.92 Å². The SMILES string of the molecule is CC(C)c1ccc(/C=c2/s/c(=C\C(=O)c3ccco3)[nH]c2=O)cc1[N+](=O)[O-]. The molecule has 2 heterocycles. The standard InChI is InChI=1S/C19H16N2O5S/c1-11(2)13-6-5-12(8-14(13)21(24)25)9-17-19(23)20-18(27-17)10-15(22)16-4-3-7-26-16/h3-11H,1-2H3,(H,20,23)/b17-9+,18-10-. The van der Waals surface area contributed by atoms with Crippen LogP contribution >= 0.6 is 11.3 Å². The molecule has 0 aliphatic heterocycles. The van der Waals surface area contributed by atoms with E-state index in [9.17, 15) is 19.7 Å². The van der Waals surface area contributed by atoms with Gasteiger partial charge in [-0.05, 0) is 29.7 Å². The van der Waals surface area contributed by atoms with Crippen LogP contribution in [0.15, 0.2) is 45.8 Å². The topological polar surface area (TPSA) is 106 Å². The maximum absolute atomic E-state index is 12.1. The van der Waals surface area contributed by atoms with Gasteiger partial charge in [0.2, 0.25) is 5.78 Å². The molecular weight excluding hydrogens is 368 g/mol. The van der Waals surface area contributed by atoms with Crippen molar-refractivity contribution in [3.63, 3.8) is 0 Å². The van der Waals surface area contributed by atoms with Crippen LogP contribution < -0.4 is 14.8 Å². The van der Waals surface area contributed by atoms with Gasteiger partial charge >= 0.3 is 0 Å². The van der Waals surface area contributed by atoms with E-state index >= 15 is 0 Å². The van der Waals surface area contributed by atoms with E-state index in [1.54, 1.807) is 24.3 Å². The first kappa shape index (κ1) is 18.5. The highest BCUT2D eigenvalue weighted by molar-refractivity contribution is 7.07. The number of nitrogens with one attached hydrogen (secondary N) is 1. The van der Waals surface area contributed by atoms with Crippen molar-refractivity contribution in [1.29, 1.82) is 0 Å². The van der Waals surface area contributed by atoms with Crippen LogP contribution in [0, 0.1) is 10.1 Å². The van der Waals surface area contributed by atoms with Crippen LogP contribution in [0.3, 0.4) is 0 Å². The maximum atomic E-state index is 12.1. The molecule has 0 amide bonds. The number of aromatic amines is 1. The molecule has 1 aromatic carbocycles. The molecular formula is C19H16N2O5S. The minimum Gasteiger partial charge on any atom is -0.461 e. The lowest BCUT2D eigenvalue weighted by atomic mass is 9.99. The predicted molar refractivity (Wildman–Crippen MR) is 102 cm³/mol. The zero-order valence-corrected chi connectivity index (χ0v) is 15.4. The molecule has 0 spiro atoms. The number of carbonyl (C=O) groups is 1. The van der Waals surface area contributed by atoms with Crippen molar-refractivity contribution in [2.24, 2.45) is 0 Å². The van der Waals surface area contributed by atoms with Gasteiger partial charge in [0.25, 0.3) is 11.2 Å². The monoisotopic (exact) mass is 384 g/mol. The van der Waals surface area contributed by atoms with E-state index in [2.05, 4.69) is 4.98 Å². The van der Waals surface area contributed by atoms with Crippen molar-refractivity contribution in [2.45, 2.75) is 19.8 Å². The average molecular weight is 384 g/mol. The fraction of sp³-hybridized carbons (Fsp3) is 0.158. The Balaban J connectivity index is 2.03. The van der Waals surface area contributed by atoms with Crippen LogP contribution in [0.4, 0.5) is 5.69 Å². The molecule has 27 heavy (non-hydrogen) atoms. The van der Waals surface area contributed by atoms with Crippen molar-refractivity contribution >= 4 is 35.0 Å². The molecule has 8 heteroatoms. The Bertz CT molecular complexity index is 1170. The van der Waals surface area contributed by atoms with Gasteiger partial charge in [-0.15, -0.1) is 11.3 Å². The normalized spacial score (nSPS) is 12.7. The molecule has 3 aromatic rings. The van der Waals surface area contributed by atoms with E-state index in [1.807, 2.05) is 13.8 Å². The van der Waals surface area contributed by atoms with Gasteiger partial charge in [-0.1, -0.05) is 26.0 Å². The second-order valence-electron chi connectivity index (χ2n) is 6.14. The van der Waals surface area contributed by atoms with E-state index in [4.69, 9.17) is 4.42 Å². The number of ketones is 1. The van der Waals surface area contributed by atoms with Crippen molar-refractivity contribution in [3.05, 3.63) is 83.1 Å². The number of hydrogen-bond donors (Lipinski definition) is 1. The van der Waals surface area contributed by atoms with Crippen molar-refractivity contribution < 1.29 is 14.1 Å². The van der Waals surface area contributed by atoms with Crippen LogP contribution in [-0.4, -0.2) is 15.7 Å². The summed E-state index contributed by atoms with van der Waals surface area (Å²) in [5.41, 5.74) is 0.832. The van der Waals surface area contributed by atoms with E-state index in [0.717, 1.165) is 11.3 Å². The van der Waals surface area contributed by atoms with Gasteiger partial charge in [-0.2, -0.15) is 0 Å². The molecule has 3 rings (SSSR count). The number of thiazole rings is 1. The Morgan fingerprint density at radius 2 is 2.11 bits per heavy atom. The van der Waals surface area contributed by atoms with E-state index in [0.29, 0.717) is 20.3 Å². The second kappa shape index (κ2) is 7.55. The Hall–Kier alpha value is -3.26. The Morgan fingerprint density at radius 1 is 1.33 bits per heavy atom. The number of nitro groups is 1. The fourth-order valence-corrected chi connectivity index (χ4v) is 3.47. The zero-order chi connectivity index (χ0) is 19.6. The third kappa shape index (κ3) is 4.12. The van der Waals surface area contributed by atoms with Crippen molar-refractivity contribution in [2.75, 3.05) is 0 Å². The van der Waals surface area contributed by atoms with Gasteiger partial charge < -0.3 is 9.40 Å². The quantitative estimate of drug-likeness (QED) is 0.413. The highest BCUT2D eigenvalue weighted by Gasteiger charge is 2.16. The summed E-state index contributed by atoms with van der Waals surface area (Å²) in [6.07, 6.45) is 4.24. The number of hydrogen-bond acceptors (Lipinski definition) is 6. The van der Waals surface area contributed by atoms with Crippen LogP contribution in [0.1, 0.15) is 41.4 Å². The molecule has 0 saturated heterocycles. The number of benzene rings is 1. The number of nitrogens with zero attached hydrogens (tertiary/aromatic N) is 1. The summed E-state index contributed by atoms with van der Waals surface area (Å²) in [5, 5.41) is 11.3. The molecule has 7 nitrogen and oxygen atoms in total. The fourth-order valence-electron chi connectivity index (χ4n) is 2.58. The molecule has 2 aromatic heterocycles. The molecule has 0 unspecified atom stereocenters. The van der Waals surface area contributed by atoms with E-state index in [1.165, 1.54) is 24.5 Å². The molecule has 1 N–H and O–H groups in total. The second-order valence-corrected chi connectivity index (χ2v) is 7.23. The van der Waals surface area contributed by atoms with Crippen molar-refractivity contribution in [3.8, 4) is 0 Å². The molecule has 0 aliphatic rings. The third-order valence-corrected chi connectivity index (χ3v) is 4.84. The number of rotatable bonds is 5. The summed E-state index contributed by atoms with van der Waals surface area (Å²) in [4.78, 5) is 37.7. The van der Waals surface area contributed by atoms with Crippen molar-refractivity contribution in [1.82, 2.24) is 4.98 Å². The summed E-state index contributed by atoms with van der Waals surface area (Å²) in [6, 6.07) is 8.02. The van der Waals surface area contributed by atoms with Gasteiger partial charge in [-0.3, -0.25) is 19.7 Å². The molecule has 0 aliphatic carbocycles. The Morgan fingerprint density at radius 3 is 2.74 bits per heavy atom. The molecule has 138 valence electrons. The van der Waals surface area contributed by atoms with Gasteiger partial charge in [0.1, 0.15) is 0 Å². The smallest absolute Gasteiger partial charge is 0.273 e. The third-order valence-electron chi connectivity index (χ3n) is 3.88. The first-order chi connectivity index (χ1) is 12.8. The first-order valence-electron chi connectivity index (χ1n) is 8.14. The number of Topliss-reactive ketones (excluding diaryl/α,β-unsaturated/α-hetero) is 1. The lowest BCUT2D eigenvalue weighted by Gasteiger charge is -2.06. The van der Waals surface area contributed by atoms with Crippen LogP contribution in [0.25, 0.3) is 12.2 Å². The van der Waals surface area contributed by atoms with Gasteiger partial charge in [0, 0.05) is 17.7 Å². The highest BCUT2D eigenvalue weighted by Crippen LogP contribution is 2.27. The summed E-state index contributed by atoms with van der Waals surface area (Å²) < 4.78 is 5.75. The number of nitro benzene ring substituents is 1. The maximum Gasteiger partial charge on any atom is 0.273 e. The molecule has 0 radical (unpaired) electrons. The predicted octanol–water partition coefficient (Wildman–Crippen LogP) is 2.55. The number of H-pyrrole nitrogens is 1. The molecule has 0 atom stereocenters. The van der Waals surface area contributed by atoms with Gasteiger partial charge in [0.15, 0.2) is 5.76 Å². The van der Waals surface area contributed by atoms with Crippen LogP contribution in [0.5, 0.6) is 0 Å². The molecule has 0 fully saturated rings. The highest BCUT2D eigenvalue weighted by atomic mass is 32.1. The molecule has 0 bridgehead atoms. The zero-order valence-electron chi connectivity index (χ0n) is 14.6. The lowest BCUT2D eigenvalue weighted by molar-refractivity contribution is -0.385. The van der Waals surface area contributed by atoms with Gasteiger partial charge in [-0.25, -0.2) is 0 Å². The largest absolute Gasteiger partial charge is 0.461 e. The average Bonchev–Trinajstić information content (AvgIpc) is 3.25. The van der Waals surface area contributed by atoms with Crippen LogP contribution in [0.2, 0.25) is 0 Å². The summed E-state index contributed by atoms with van der Waals surface area (Å²) >= 11 is 1.09. The molecule has 0 saturated carbocycles. The number of furan rings is 1. The lowest BCUT2D eigenvalue weighted by Crippen LogP contribution is -2.20. The van der Waals surface area contributed by atoms with Crippen LogP contribution in [-0.2, 0) is 0 Å².